The highest BCUT2D eigenvalue weighted by Crippen LogP contribution is 2.27. The molecule has 0 heterocycles. The summed E-state index contributed by atoms with van der Waals surface area (Å²) in [5.41, 5.74) is 2.16. The first-order chi connectivity index (χ1) is 15.3. The number of para-hydroxylation sites is 1. The zero-order valence-electron chi connectivity index (χ0n) is 17.7. The maximum atomic E-state index is 11.8. The summed E-state index contributed by atoms with van der Waals surface area (Å²) in [7, 11) is 0. The minimum absolute atomic E-state index is 0.388. The van der Waals surface area contributed by atoms with E-state index in [2.05, 4.69) is 65.2 Å². The van der Waals surface area contributed by atoms with Crippen molar-refractivity contribution in [3.63, 3.8) is 0 Å². The molecule has 0 aliphatic rings. The molecule has 0 spiro atoms. The average Bonchev–Trinajstić information content (AvgIpc) is 2.80. The van der Waals surface area contributed by atoms with Crippen molar-refractivity contribution in [2.45, 2.75) is 25.8 Å². The van der Waals surface area contributed by atoms with Crippen molar-refractivity contribution < 1.29 is 14.8 Å². The van der Waals surface area contributed by atoms with Crippen LogP contribution in [0, 0.1) is 0 Å². The van der Waals surface area contributed by atoms with Gasteiger partial charge in [-0.2, -0.15) is 0 Å². The summed E-state index contributed by atoms with van der Waals surface area (Å²) in [6.07, 6.45) is 2.64. The Kier molecular flexibility index (Phi) is 7.14. The van der Waals surface area contributed by atoms with E-state index in [1.807, 2.05) is 30.3 Å². The largest absolute Gasteiger partial charge is 0.449 e. The molecule has 0 aromatic heterocycles. The maximum Gasteiger partial charge on any atom is 0.411 e. The Labute approximate surface area is 183 Å². The van der Waals surface area contributed by atoms with Gasteiger partial charge in [-0.15, -0.1) is 0 Å². The van der Waals surface area contributed by atoms with Crippen molar-refractivity contribution in [3.05, 3.63) is 90.5 Å². The molecule has 0 atom stereocenters. The van der Waals surface area contributed by atoms with Crippen molar-refractivity contribution >= 4 is 33.3 Å². The second kappa shape index (κ2) is 10.6. The van der Waals surface area contributed by atoms with Crippen LogP contribution in [0.25, 0.3) is 21.5 Å². The SMILES string of the molecule is O=C(Nc1ccccc1)OCCCCC[NH2+]Cc1c2ccccc2cc2ccccc12. The van der Waals surface area contributed by atoms with Crippen LogP contribution < -0.4 is 10.6 Å². The molecule has 4 rings (SSSR count). The smallest absolute Gasteiger partial charge is 0.411 e. The summed E-state index contributed by atoms with van der Waals surface area (Å²) in [5, 5.41) is 10.4. The summed E-state index contributed by atoms with van der Waals surface area (Å²) in [5.74, 6) is 0. The Balaban J connectivity index is 1.20. The zero-order valence-corrected chi connectivity index (χ0v) is 17.7. The predicted octanol–water partition coefficient (Wildman–Crippen LogP) is 5.48. The fraction of sp³-hybridized carbons (Fsp3) is 0.222. The molecule has 4 heteroatoms. The Morgan fingerprint density at radius 2 is 1.42 bits per heavy atom. The van der Waals surface area contributed by atoms with E-state index in [1.165, 1.54) is 27.1 Å². The molecule has 0 radical (unpaired) electrons. The minimum atomic E-state index is -0.388. The molecular weight excluding hydrogens is 384 g/mol. The van der Waals surface area contributed by atoms with Gasteiger partial charge in [0.2, 0.25) is 0 Å². The molecule has 4 nitrogen and oxygen atoms in total. The van der Waals surface area contributed by atoms with E-state index in [1.54, 1.807) is 0 Å². The molecule has 0 aliphatic heterocycles. The normalized spacial score (nSPS) is 11.0. The fourth-order valence-corrected chi connectivity index (χ4v) is 3.98. The zero-order chi connectivity index (χ0) is 21.3. The standard InChI is InChI=1S/C27H28N2O2/c30-27(29-23-13-3-1-4-14-23)31-18-10-2-9-17-28-20-26-24-15-7-5-11-21(24)19-22-12-6-8-16-25(22)26/h1,3-8,11-16,19,28H,2,9-10,17-18,20H2,(H,29,30)/p+1. The Bertz CT molecular complexity index is 1090. The lowest BCUT2D eigenvalue weighted by Gasteiger charge is -2.11. The van der Waals surface area contributed by atoms with Gasteiger partial charge in [-0.25, -0.2) is 4.79 Å². The summed E-state index contributed by atoms with van der Waals surface area (Å²) in [4.78, 5) is 11.8. The van der Waals surface area contributed by atoms with Gasteiger partial charge >= 0.3 is 6.09 Å². The Morgan fingerprint density at radius 3 is 2.13 bits per heavy atom. The first-order valence-corrected chi connectivity index (χ1v) is 11.0. The second-order valence-electron chi connectivity index (χ2n) is 7.77. The van der Waals surface area contributed by atoms with Crippen LogP contribution in [0.15, 0.2) is 84.9 Å². The Morgan fingerprint density at radius 1 is 0.774 bits per heavy atom. The number of rotatable bonds is 9. The summed E-state index contributed by atoms with van der Waals surface area (Å²) < 4.78 is 5.26. The molecule has 31 heavy (non-hydrogen) atoms. The van der Waals surface area contributed by atoms with Crippen molar-refractivity contribution in [2.24, 2.45) is 0 Å². The summed E-state index contributed by atoms with van der Waals surface area (Å²) in [6.45, 7) is 2.48. The van der Waals surface area contributed by atoms with E-state index >= 15 is 0 Å². The number of unbranched alkanes of at least 4 members (excludes halogenated alkanes) is 2. The highest BCUT2D eigenvalue weighted by molar-refractivity contribution is 6.02. The van der Waals surface area contributed by atoms with Crippen LogP contribution in [0.4, 0.5) is 10.5 Å². The lowest BCUT2D eigenvalue weighted by molar-refractivity contribution is -0.670. The minimum Gasteiger partial charge on any atom is -0.449 e. The third kappa shape index (κ3) is 5.62. The molecule has 0 saturated carbocycles. The van der Waals surface area contributed by atoms with Gasteiger partial charge in [-0.05, 0) is 59.0 Å². The van der Waals surface area contributed by atoms with E-state index in [0.29, 0.717) is 6.61 Å². The summed E-state index contributed by atoms with van der Waals surface area (Å²) >= 11 is 0. The molecule has 0 aliphatic carbocycles. The van der Waals surface area contributed by atoms with Crippen molar-refractivity contribution in [1.82, 2.24) is 0 Å². The number of benzene rings is 4. The van der Waals surface area contributed by atoms with Gasteiger partial charge in [0.05, 0.1) is 13.2 Å². The molecule has 0 unspecified atom stereocenters. The number of hydrogen-bond acceptors (Lipinski definition) is 2. The molecule has 0 fully saturated rings. The van der Waals surface area contributed by atoms with Crippen molar-refractivity contribution in [3.8, 4) is 0 Å². The highest BCUT2D eigenvalue weighted by atomic mass is 16.5. The van der Waals surface area contributed by atoms with Crippen LogP contribution in [-0.2, 0) is 11.3 Å². The van der Waals surface area contributed by atoms with Gasteiger partial charge in [0.1, 0.15) is 6.54 Å². The van der Waals surface area contributed by atoms with E-state index in [9.17, 15) is 4.79 Å². The monoisotopic (exact) mass is 413 g/mol. The van der Waals surface area contributed by atoms with Crippen LogP contribution >= 0.6 is 0 Å². The van der Waals surface area contributed by atoms with E-state index < -0.39 is 0 Å². The van der Waals surface area contributed by atoms with Crippen molar-refractivity contribution in [1.29, 1.82) is 0 Å². The molecule has 0 bridgehead atoms. The van der Waals surface area contributed by atoms with Crippen LogP contribution in [0.5, 0.6) is 0 Å². The number of ether oxygens (including phenoxy) is 1. The van der Waals surface area contributed by atoms with Gasteiger partial charge in [-0.3, -0.25) is 5.32 Å². The Hall–Kier alpha value is -3.37. The second-order valence-corrected chi connectivity index (χ2v) is 7.77. The topological polar surface area (TPSA) is 54.9 Å². The molecule has 4 aromatic carbocycles. The van der Waals surface area contributed by atoms with Gasteiger partial charge < -0.3 is 10.1 Å². The number of nitrogens with two attached hydrogens (primary N) is 1. The maximum absolute atomic E-state index is 11.8. The molecule has 1 amide bonds. The number of anilines is 1. The number of hydrogen-bond donors (Lipinski definition) is 2. The first-order valence-electron chi connectivity index (χ1n) is 11.0. The number of amides is 1. The van der Waals surface area contributed by atoms with Gasteiger partial charge in [0, 0.05) is 11.3 Å². The molecule has 158 valence electrons. The number of carbonyl (C=O) groups is 1. The van der Waals surface area contributed by atoms with E-state index in [-0.39, 0.29) is 6.09 Å². The third-order valence-electron chi connectivity index (χ3n) is 5.54. The quantitative estimate of drug-likeness (QED) is 0.282. The number of nitrogens with one attached hydrogen (secondary N) is 1. The lowest BCUT2D eigenvalue weighted by Crippen LogP contribution is -2.82. The van der Waals surface area contributed by atoms with Crippen LogP contribution in [0.3, 0.4) is 0 Å². The van der Waals surface area contributed by atoms with Gasteiger partial charge in [-0.1, -0.05) is 66.7 Å². The molecular formula is C27H29N2O2+. The highest BCUT2D eigenvalue weighted by Gasteiger charge is 2.08. The number of carbonyl (C=O) groups excluding carboxylic acids is 1. The number of fused-ring (bicyclic) bond motifs is 2. The predicted molar refractivity (Wildman–Crippen MR) is 127 cm³/mol. The lowest BCUT2D eigenvalue weighted by atomic mass is 9.97. The van der Waals surface area contributed by atoms with Crippen LogP contribution in [0.2, 0.25) is 0 Å². The van der Waals surface area contributed by atoms with E-state index in [0.717, 1.165) is 38.0 Å². The summed E-state index contributed by atoms with van der Waals surface area (Å²) in [6, 6.07) is 28.9. The van der Waals surface area contributed by atoms with Crippen molar-refractivity contribution in [2.75, 3.05) is 18.5 Å². The van der Waals surface area contributed by atoms with Gasteiger partial charge in [0.25, 0.3) is 0 Å². The average molecular weight is 414 g/mol. The number of quaternary nitrogens is 1. The van der Waals surface area contributed by atoms with Crippen LogP contribution in [0.1, 0.15) is 24.8 Å². The van der Waals surface area contributed by atoms with Crippen LogP contribution in [-0.4, -0.2) is 19.2 Å². The first kappa shape index (κ1) is 20.9. The molecule has 3 N–H and O–H groups in total. The molecule has 4 aromatic rings. The molecule has 0 saturated heterocycles. The van der Waals surface area contributed by atoms with E-state index in [4.69, 9.17) is 4.74 Å². The fourth-order valence-electron chi connectivity index (χ4n) is 3.98. The van der Waals surface area contributed by atoms with Gasteiger partial charge in [0.15, 0.2) is 0 Å². The third-order valence-corrected chi connectivity index (χ3v) is 5.54.